The fourth-order valence-corrected chi connectivity index (χ4v) is 2.90. The standard InChI is InChI=1S/C16H16O4S/c1-11-8-9-14(12(2)10-11)20-16(17)13-6-4-5-7-15(13)21(3,18)19/h4-10H,1-3H3. The minimum atomic E-state index is -3.49. The minimum Gasteiger partial charge on any atom is -0.423 e. The molecular weight excluding hydrogens is 288 g/mol. The molecule has 0 amide bonds. The van der Waals surface area contributed by atoms with Crippen molar-refractivity contribution in [2.24, 2.45) is 0 Å². The van der Waals surface area contributed by atoms with Crippen molar-refractivity contribution in [1.82, 2.24) is 0 Å². The van der Waals surface area contributed by atoms with Gasteiger partial charge in [0.2, 0.25) is 0 Å². The van der Waals surface area contributed by atoms with Crippen LogP contribution in [0.4, 0.5) is 0 Å². The van der Waals surface area contributed by atoms with Crippen LogP contribution in [0.5, 0.6) is 5.75 Å². The maximum Gasteiger partial charge on any atom is 0.344 e. The van der Waals surface area contributed by atoms with Crippen molar-refractivity contribution < 1.29 is 17.9 Å². The third kappa shape index (κ3) is 3.49. The lowest BCUT2D eigenvalue weighted by atomic mass is 10.1. The molecule has 0 fully saturated rings. The second-order valence-corrected chi connectivity index (χ2v) is 6.91. The molecule has 4 nitrogen and oxygen atoms in total. The molecule has 0 N–H and O–H groups in total. The fraction of sp³-hybridized carbons (Fsp3) is 0.188. The van der Waals surface area contributed by atoms with E-state index in [1.54, 1.807) is 18.2 Å². The van der Waals surface area contributed by atoms with Crippen LogP contribution < -0.4 is 4.74 Å². The first-order valence-corrected chi connectivity index (χ1v) is 8.26. The summed E-state index contributed by atoms with van der Waals surface area (Å²) >= 11 is 0. The molecule has 0 aromatic heterocycles. The number of rotatable bonds is 3. The van der Waals surface area contributed by atoms with Crippen molar-refractivity contribution in [2.45, 2.75) is 18.7 Å². The smallest absolute Gasteiger partial charge is 0.344 e. The van der Waals surface area contributed by atoms with Gasteiger partial charge >= 0.3 is 5.97 Å². The van der Waals surface area contributed by atoms with Gasteiger partial charge < -0.3 is 4.74 Å². The summed E-state index contributed by atoms with van der Waals surface area (Å²) in [5.41, 5.74) is 1.92. The number of sulfone groups is 1. The molecule has 0 heterocycles. The van der Waals surface area contributed by atoms with Gasteiger partial charge in [-0.15, -0.1) is 0 Å². The van der Waals surface area contributed by atoms with Gasteiger partial charge in [-0.25, -0.2) is 13.2 Å². The molecule has 5 heteroatoms. The van der Waals surface area contributed by atoms with E-state index in [0.717, 1.165) is 17.4 Å². The van der Waals surface area contributed by atoms with E-state index in [-0.39, 0.29) is 10.5 Å². The van der Waals surface area contributed by atoms with E-state index in [2.05, 4.69) is 0 Å². The van der Waals surface area contributed by atoms with Crippen LogP contribution in [-0.4, -0.2) is 20.6 Å². The van der Waals surface area contributed by atoms with E-state index in [0.29, 0.717) is 5.75 Å². The third-order valence-corrected chi connectivity index (χ3v) is 4.19. The molecule has 110 valence electrons. The van der Waals surface area contributed by atoms with Gasteiger partial charge in [-0.2, -0.15) is 0 Å². The van der Waals surface area contributed by atoms with Gasteiger partial charge in [0.1, 0.15) is 5.75 Å². The number of benzene rings is 2. The van der Waals surface area contributed by atoms with E-state index in [9.17, 15) is 13.2 Å². The number of aryl methyl sites for hydroxylation is 2. The van der Waals surface area contributed by atoms with Gasteiger partial charge in [-0.3, -0.25) is 0 Å². The molecule has 0 atom stereocenters. The molecule has 0 saturated carbocycles. The van der Waals surface area contributed by atoms with Crippen molar-refractivity contribution in [3.8, 4) is 5.75 Å². The Hall–Kier alpha value is -2.14. The molecule has 2 aromatic rings. The Morgan fingerprint density at radius 3 is 2.33 bits per heavy atom. The van der Waals surface area contributed by atoms with Crippen LogP contribution in [0.1, 0.15) is 21.5 Å². The average molecular weight is 304 g/mol. The second kappa shape index (κ2) is 5.69. The number of hydrogen-bond acceptors (Lipinski definition) is 4. The van der Waals surface area contributed by atoms with E-state index in [1.807, 2.05) is 26.0 Å². The number of hydrogen-bond donors (Lipinski definition) is 0. The monoisotopic (exact) mass is 304 g/mol. The number of carbonyl (C=O) groups excluding carboxylic acids is 1. The van der Waals surface area contributed by atoms with Crippen molar-refractivity contribution in [3.63, 3.8) is 0 Å². The number of carbonyl (C=O) groups is 1. The minimum absolute atomic E-state index is 0.0280. The van der Waals surface area contributed by atoms with Crippen LogP contribution in [-0.2, 0) is 9.84 Å². The summed E-state index contributed by atoms with van der Waals surface area (Å²) in [6.07, 6.45) is 1.07. The number of ether oxygens (including phenoxy) is 1. The van der Waals surface area contributed by atoms with Crippen LogP contribution in [0.2, 0.25) is 0 Å². The number of esters is 1. The highest BCUT2D eigenvalue weighted by Gasteiger charge is 2.20. The van der Waals surface area contributed by atoms with Gasteiger partial charge in [0.05, 0.1) is 10.5 Å². The zero-order chi connectivity index (χ0) is 15.6. The Labute approximate surface area is 124 Å². The van der Waals surface area contributed by atoms with E-state index in [1.165, 1.54) is 12.1 Å². The molecule has 21 heavy (non-hydrogen) atoms. The van der Waals surface area contributed by atoms with Gasteiger partial charge in [0.25, 0.3) is 0 Å². The summed E-state index contributed by atoms with van der Waals surface area (Å²) in [5, 5.41) is 0. The first-order valence-electron chi connectivity index (χ1n) is 6.37. The lowest BCUT2D eigenvalue weighted by Gasteiger charge is -2.10. The highest BCUT2D eigenvalue weighted by atomic mass is 32.2. The van der Waals surface area contributed by atoms with Gasteiger partial charge in [-0.1, -0.05) is 29.8 Å². The topological polar surface area (TPSA) is 60.4 Å². The van der Waals surface area contributed by atoms with E-state index >= 15 is 0 Å². The maximum atomic E-state index is 12.2. The second-order valence-electron chi connectivity index (χ2n) is 4.93. The van der Waals surface area contributed by atoms with Crippen LogP contribution in [0, 0.1) is 13.8 Å². The van der Waals surface area contributed by atoms with Crippen molar-refractivity contribution in [3.05, 3.63) is 59.2 Å². The molecule has 0 unspecified atom stereocenters. The predicted molar refractivity (Wildman–Crippen MR) is 80.4 cm³/mol. The van der Waals surface area contributed by atoms with Crippen molar-refractivity contribution >= 4 is 15.8 Å². The van der Waals surface area contributed by atoms with Crippen molar-refractivity contribution in [2.75, 3.05) is 6.26 Å². The molecular formula is C16H16O4S. The zero-order valence-electron chi connectivity index (χ0n) is 12.1. The van der Waals surface area contributed by atoms with Crippen LogP contribution >= 0.6 is 0 Å². The molecule has 0 radical (unpaired) electrons. The summed E-state index contributed by atoms with van der Waals surface area (Å²) in [5.74, 6) is -0.253. The van der Waals surface area contributed by atoms with Crippen LogP contribution in [0.3, 0.4) is 0 Å². The van der Waals surface area contributed by atoms with Crippen LogP contribution in [0.15, 0.2) is 47.4 Å². The largest absolute Gasteiger partial charge is 0.423 e. The third-order valence-electron chi connectivity index (χ3n) is 3.04. The molecule has 0 saturated heterocycles. The molecule has 2 aromatic carbocycles. The van der Waals surface area contributed by atoms with Crippen molar-refractivity contribution in [1.29, 1.82) is 0 Å². The van der Waals surface area contributed by atoms with Gasteiger partial charge in [-0.05, 0) is 37.6 Å². The molecule has 0 aliphatic carbocycles. The normalized spacial score (nSPS) is 11.2. The SMILES string of the molecule is Cc1ccc(OC(=O)c2ccccc2S(C)(=O)=O)c(C)c1. The molecule has 0 aliphatic heterocycles. The zero-order valence-corrected chi connectivity index (χ0v) is 12.9. The lowest BCUT2D eigenvalue weighted by Crippen LogP contribution is -2.14. The van der Waals surface area contributed by atoms with Gasteiger partial charge in [0, 0.05) is 6.26 Å². The first kappa shape index (κ1) is 15.3. The Morgan fingerprint density at radius 2 is 1.71 bits per heavy atom. The molecule has 0 spiro atoms. The average Bonchev–Trinajstić information content (AvgIpc) is 2.41. The summed E-state index contributed by atoms with van der Waals surface area (Å²) in [7, 11) is -3.49. The van der Waals surface area contributed by atoms with E-state index < -0.39 is 15.8 Å². The Bertz CT molecular complexity index is 792. The lowest BCUT2D eigenvalue weighted by molar-refractivity contribution is 0.0729. The predicted octanol–water partition coefficient (Wildman–Crippen LogP) is 2.93. The van der Waals surface area contributed by atoms with Gasteiger partial charge in [0.15, 0.2) is 9.84 Å². The quantitative estimate of drug-likeness (QED) is 0.646. The van der Waals surface area contributed by atoms with E-state index in [4.69, 9.17) is 4.74 Å². The maximum absolute atomic E-state index is 12.2. The highest BCUT2D eigenvalue weighted by Crippen LogP contribution is 2.22. The summed E-state index contributed by atoms with van der Waals surface area (Å²) in [6.45, 7) is 3.77. The Morgan fingerprint density at radius 1 is 1.05 bits per heavy atom. The molecule has 0 bridgehead atoms. The van der Waals surface area contributed by atoms with Crippen LogP contribution in [0.25, 0.3) is 0 Å². The Kier molecular flexibility index (Phi) is 4.14. The molecule has 0 aliphatic rings. The summed E-state index contributed by atoms with van der Waals surface area (Å²) in [6, 6.07) is 11.4. The summed E-state index contributed by atoms with van der Waals surface area (Å²) in [4.78, 5) is 12.2. The first-order chi connectivity index (χ1) is 9.79. The fourth-order valence-electron chi connectivity index (χ4n) is 2.03. The molecule has 2 rings (SSSR count). The summed E-state index contributed by atoms with van der Waals surface area (Å²) < 4.78 is 28.7. The highest BCUT2D eigenvalue weighted by molar-refractivity contribution is 7.90. The Balaban J connectivity index is 2.38.